The Bertz CT molecular complexity index is 595. The van der Waals surface area contributed by atoms with E-state index in [1.165, 1.54) is 39.3 Å². The first-order chi connectivity index (χ1) is 11.3. The summed E-state index contributed by atoms with van der Waals surface area (Å²) < 4.78 is 31.8. The lowest BCUT2D eigenvalue weighted by Crippen LogP contribution is -2.33. The van der Waals surface area contributed by atoms with Crippen molar-refractivity contribution in [3.05, 3.63) is 23.8 Å². The van der Waals surface area contributed by atoms with Crippen LogP contribution in [0.4, 0.5) is 0 Å². The van der Waals surface area contributed by atoms with Crippen LogP contribution in [-0.4, -0.2) is 43.2 Å². The molecule has 0 aliphatic rings. The van der Waals surface area contributed by atoms with Gasteiger partial charge in [0.05, 0.1) is 13.7 Å². The lowest BCUT2D eigenvalue weighted by Gasteiger charge is -2.20. The minimum Gasteiger partial charge on any atom is -0.493 e. The Morgan fingerprint density at radius 1 is 1.33 bits per heavy atom. The first-order valence-corrected chi connectivity index (χ1v) is 8.27. The molecule has 0 saturated carbocycles. The number of nitrogens with one attached hydrogen (secondary N) is 1. The Morgan fingerprint density at radius 3 is 2.58 bits per heavy atom. The van der Waals surface area contributed by atoms with Gasteiger partial charge in [-0.2, -0.15) is 0 Å². The van der Waals surface area contributed by atoms with Crippen LogP contribution in [0.15, 0.2) is 18.2 Å². The molecule has 10 nitrogen and oxygen atoms in total. The highest BCUT2D eigenvalue weighted by molar-refractivity contribution is 7.51. The Morgan fingerprint density at radius 2 is 2.04 bits per heavy atom. The van der Waals surface area contributed by atoms with Crippen molar-refractivity contribution in [2.75, 3.05) is 21.0 Å². The quantitative estimate of drug-likeness (QED) is 0.228. The predicted octanol–water partition coefficient (Wildman–Crippen LogP) is 1.29. The number of benzene rings is 1. The van der Waals surface area contributed by atoms with Crippen LogP contribution >= 0.6 is 7.75 Å². The molecule has 3 N–H and O–H groups in total. The lowest BCUT2D eigenvalue weighted by molar-refractivity contribution is -0.140. The number of carboxylic acids is 1. The largest absolute Gasteiger partial charge is 0.493 e. The average Bonchev–Trinajstić information content (AvgIpc) is 2.58. The number of carbonyl (C=O) groups is 1. The van der Waals surface area contributed by atoms with E-state index in [1.807, 2.05) is 0 Å². The summed E-state index contributed by atoms with van der Waals surface area (Å²) in [5, 5.41) is 20.2. The van der Waals surface area contributed by atoms with Crippen molar-refractivity contribution in [1.29, 1.82) is 0 Å². The smallest absolute Gasteiger partial charge is 0.444 e. The molecule has 0 saturated heterocycles. The molecule has 1 aromatic rings. The summed E-state index contributed by atoms with van der Waals surface area (Å²) in [5.41, 5.74) is 0.565. The van der Waals surface area contributed by atoms with Gasteiger partial charge in [0, 0.05) is 7.11 Å². The highest BCUT2D eigenvalue weighted by Gasteiger charge is 2.32. The molecule has 0 spiro atoms. The molecule has 136 valence electrons. The third kappa shape index (κ3) is 6.08. The number of aliphatic carboxylic acids is 1. The van der Waals surface area contributed by atoms with Gasteiger partial charge < -0.3 is 24.6 Å². The van der Waals surface area contributed by atoms with E-state index in [9.17, 15) is 9.36 Å². The fourth-order valence-corrected chi connectivity index (χ4v) is 2.63. The standard InChI is InChI=1S/C13H20NO9P/c1-9(13(16)17)14-24(18,21-8-19-2)23-22-11-5-4-10(7-15)6-12(11)20-3/h4-6,9,15H,7-8H2,1-3H3,(H,14,18)(H,16,17). The Hall–Kier alpha value is -1.68. The predicted molar refractivity (Wildman–Crippen MR) is 81.4 cm³/mol. The average molecular weight is 365 g/mol. The van der Waals surface area contributed by atoms with Crippen LogP contribution < -0.4 is 14.7 Å². The summed E-state index contributed by atoms with van der Waals surface area (Å²) in [6.07, 6.45) is 0. The third-order valence-corrected chi connectivity index (χ3v) is 4.12. The summed E-state index contributed by atoms with van der Waals surface area (Å²) in [4.78, 5) is 15.9. The van der Waals surface area contributed by atoms with Crippen molar-refractivity contribution >= 4 is 13.7 Å². The first kappa shape index (κ1) is 20.4. The molecule has 2 atom stereocenters. The van der Waals surface area contributed by atoms with Gasteiger partial charge >= 0.3 is 13.7 Å². The van der Waals surface area contributed by atoms with E-state index in [1.54, 1.807) is 0 Å². The number of aliphatic hydroxyl groups excluding tert-OH is 1. The zero-order chi connectivity index (χ0) is 18.2. The van der Waals surface area contributed by atoms with E-state index >= 15 is 0 Å². The molecular weight excluding hydrogens is 345 g/mol. The fourth-order valence-electron chi connectivity index (χ4n) is 1.46. The molecule has 0 amide bonds. The van der Waals surface area contributed by atoms with E-state index in [0.717, 1.165) is 0 Å². The number of hydrogen-bond acceptors (Lipinski definition) is 8. The van der Waals surface area contributed by atoms with Crippen molar-refractivity contribution in [2.24, 2.45) is 0 Å². The number of ether oxygens (including phenoxy) is 2. The molecule has 0 radical (unpaired) electrons. The zero-order valence-corrected chi connectivity index (χ0v) is 14.3. The normalized spacial score (nSPS) is 14.7. The Kier molecular flexibility index (Phi) is 8.13. The summed E-state index contributed by atoms with van der Waals surface area (Å²) in [6, 6.07) is 3.23. The van der Waals surface area contributed by atoms with Crippen LogP contribution in [-0.2, 0) is 29.9 Å². The minimum atomic E-state index is -4.14. The lowest BCUT2D eigenvalue weighted by atomic mass is 10.2. The molecule has 1 aromatic carbocycles. The highest BCUT2D eigenvalue weighted by atomic mass is 31.2. The van der Waals surface area contributed by atoms with E-state index in [4.69, 9.17) is 29.0 Å². The van der Waals surface area contributed by atoms with Gasteiger partial charge in [-0.1, -0.05) is 10.7 Å². The Balaban J connectivity index is 2.87. The fraction of sp³-hybridized carbons (Fsp3) is 0.462. The van der Waals surface area contributed by atoms with Crippen molar-refractivity contribution in [3.8, 4) is 11.5 Å². The number of aliphatic hydroxyl groups is 1. The minimum absolute atomic E-state index is 0.0562. The molecule has 0 bridgehead atoms. The molecule has 0 heterocycles. The molecule has 0 aliphatic heterocycles. The Labute approximate surface area is 138 Å². The molecule has 0 aromatic heterocycles. The van der Waals surface area contributed by atoms with Gasteiger partial charge in [0.15, 0.2) is 12.5 Å². The van der Waals surface area contributed by atoms with Gasteiger partial charge in [-0.25, -0.2) is 9.65 Å². The molecule has 0 aliphatic carbocycles. The zero-order valence-electron chi connectivity index (χ0n) is 13.4. The van der Waals surface area contributed by atoms with Gasteiger partial charge in [0.2, 0.25) is 5.75 Å². The van der Waals surface area contributed by atoms with Crippen LogP contribution in [0.1, 0.15) is 12.5 Å². The summed E-state index contributed by atoms with van der Waals surface area (Å²) in [5.74, 6) is -0.989. The van der Waals surface area contributed by atoms with E-state index in [-0.39, 0.29) is 18.1 Å². The summed E-state index contributed by atoms with van der Waals surface area (Å²) in [7, 11) is -1.48. The van der Waals surface area contributed by atoms with Crippen LogP contribution in [0.5, 0.6) is 11.5 Å². The number of methoxy groups -OCH3 is 2. The van der Waals surface area contributed by atoms with Crippen molar-refractivity contribution in [2.45, 2.75) is 19.6 Å². The second-order valence-corrected chi connectivity index (χ2v) is 6.18. The van der Waals surface area contributed by atoms with Crippen molar-refractivity contribution in [1.82, 2.24) is 5.09 Å². The monoisotopic (exact) mass is 365 g/mol. The molecule has 24 heavy (non-hydrogen) atoms. The second-order valence-electron chi connectivity index (χ2n) is 4.52. The molecule has 1 rings (SSSR count). The van der Waals surface area contributed by atoms with E-state index in [2.05, 4.69) is 9.82 Å². The van der Waals surface area contributed by atoms with Gasteiger partial charge in [-0.3, -0.25) is 9.32 Å². The maximum absolute atomic E-state index is 12.5. The van der Waals surface area contributed by atoms with Crippen molar-refractivity contribution < 1.29 is 43.1 Å². The van der Waals surface area contributed by atoms with Crippen LogP contribution in [0, 0.1) is 0 Å². The topological polar surface area (TPSA) is 133 Å². The summed E-state index contributed by atoms with van der Waals surface area (Å²) >= 11 is 0. The van der Waals surface area contributed by atoms with Gasteiger partial charge in [-0.15, -0.1) is 0 Å². The second kappa shape index (κ2) is 9.58. The molecule has 2 unspecified atom stereocenters. The molecule has 0 fully saturated rings. The highest BCUT2D eigenvalue weighted by Crippen LogP contribution is 2.45. The molecular formula is C13H20NO9P. The van der Waals surface area contributed by atoms with Crippen LogP contribution in [0.25, 0.3) is 0 Å². The molecule has 11 heteroatoms. The van der Waals surface area contributed by atoms with Crippen molar-refractivity contribution in [3.63, 3.8) is 0 Å². The van der Waals surface area contributed by atoms with E-state index < -0.39 is 26.6 Å². The number of carboxylic acid groups (broad SMARTS) is 1. The van der Waals surface area contributed by atoms with Gasteiger partial charge in [0.25, 0.3) is 0 Å². The maximum atomic E-state index is 12.5. The van der Waals surface area contributed by atoms with Crippen LogP contribution in [0.3, 0.4) is 0 Å². The van der Waals surface area contributed by atoms with E-state index in [0.29, 0.717) is 5.56 Å². The SMILES string of the molecule is COCOP(=O)(NC(C)C(=O)O)OOc1ccc(CO)cc1OC. The number of rotatable bonds is 11. The third-order valence-electron chi connectivity index (χ3n) is 2.70. The first-order valence-electron chi connectivity index (χ1n) is 6.73. The number of hydrogen-bond donors (Lipinski definition) is 3. The summed E-state index contributed by atoms with van der Waals surface area (Å²) in [6.45, 7) is 0.635. The van der Waals surface area contributed by atoms with Crippen LogP contribution in [0.2, 0.25) is 0 Å². The van der Waals surface area contributed by atoms with Gasteiger partial charge in [0.1, 0.15) is 6.04 Å². The van der Waals surface area contributed by atoms with Gasteiger partial charge in [-0.05, 0) is 24.6 Å². The maximum Gasteiger partial charge on any atom is 0.444 e.